The van der Waals surface area contributed by atoms with Gasteiger partial charge in [-0.05, 0) is 54.7 Å². The monoisotopic (exact) mass is 294 g/mol. The molecule has 114 valence electrons. The van der Waals surface area contributed by atoms with Gasteiger partial charge in [0.2, 0.25) is 5.91 Å². The van der Waals surface area contributed by atoms with Gasteiger partial charge in [-0.1, -0.05) is 31.4 Å². The van der Waals surface area contributed by atoms with Gasteiger partial charge in [-0.3, -0.25) is 9.78 Å². The fourth-order valence-electron chi connectivity index (χ4n) is 3.87. The number of aromatic nitrogens is 1. The van der Waals surface area contributed by atoms with Gasteiger partial charge in [-0.25, -0.2) is 0 Å². The molecular weight excluding hydrogens is 272 g/mol. The minimum atomic E-state index is -0.490. The molecule has 1 heterocycles. The van der Waals surface area contributed by atoms with Gasteiger partial charge in [0.15, 0.2) is 0 Å². The highest BCUT2D eigenvalue weighted by Gasteiger charge is 2.51. The molecule has 3 heteroatoms. The van der Waals surface area contributed by atoms with Crippen LogP contribution in [0.1, 0.15) is 62.1 Å². The van der Waals surface area contributed by atoms with Crippen molar-refractivity contribution in [1.82, 2.24) is 4.98 Å². The zero-order valence-corrected chi connectivity index (χ0v) is 12.8. The van der Waals surface area contributed by atoms with Crippen LogP contribution in [0.2, 0.25) is 0 Å². The van der Waals surface area contributed by atoms with Gasteiger partial charge in [0, 0.05) is 11.6 Å². The topological polar surface area (TPSA) is 56.0 Å². The van der Waals surface area contributed by atoms with E-state index in [0.717, 1.165) is 23.9 Å². The Labute approximate surface area is 130 Å². The van der Waals surface area contributed by atoms with Crippen molar-refractivity contribution in [2.45, 2.75) is 56.3 Å². The van der Waals surface area contributed by atoms with Crippen molar-refractivity contribution in [3.8, 4) is 0 Å². The Morgan fingerprint density at radius 2 is 1.86 bits per heavy atom. The molecule has 1 amide bonds. The Balaban J connectivity index is 1.69. The summed E-state index contributed by atoms with van der Waals surface area (Å²) >= 11 is 0. The van der Waals surface area contributed by atoms with Gasteiger partial charge in [-0.2, -0.15) is 0 Å². The summed E-state index contributed by atoms with van der Waals surface area (Å²) in [6, 6.07) is 8.77. The van der Waals surface area contributed by atoms with E-state index in [1.165, 1.54) is 43.1 Å². The Morgan fingerprint density at radius 1 is 1.09 bits per heavy atom. The molecule has 2 aliphatic rings. The first-order chi connectivity index (χ1) is 10.7. The lowest BCUT2D eigenvalue weighted by molar-refractivity contribution is -0.120. The molecule has 0 saturated heterocycles. The number of nitrogens with zero attached hydrogens (tertiary/aromatic N) is 1. The number of rotatable bonds is 3. The van der Waals surface area contributed by atoms with Crippen LogP contribution in [0, 0.1) is 0 Å². The number of hydrogen-bond acceptors (Lipinski definition) is 2. The van der Waals surface area contributed by atoms with Crippen LogP contribution >= 0.6 is 0 Å². The van der Waals surface area contributed by atoms with E-state index in [1.807, 2.05) is 6.20 Å². The molecule has 1 aromatic carbocycles. The number of benzene rings is 1. The number of nitrogens with two attached hydrogens (primary N) is 1. The summed E-state index contributed by atoms with van der Waals surface area (Å²) in [7, 11) is 0. The number of hydrogen-bond donors (Lipinski definition) is 1. The van der Waals surface area contributed by atoms with Gasteiger partial charge in [-0.15, -0.1) is 0 Å². The first-order valence-corrected chi connectivity index (χ1v) is 8.39. The number of carbonyl (C=O) groups excluding carboxylic acids is 1. The average Bonchev–Trinajstić information content (AvgIpc) is 3.37. The maximum atomic E-state index is 11.7. The molecule has 0 bridgehead atoms. The van der Waals surface area contributed by atoms with Crippen LogP contribution in [0.15, 0.2) is 30.5 Å². The molecule has 0 spiro atoms. The predicted molar refractivity (Wildman–Crippen MR) is 87.7 cm³/mol. The lowest BCUT2D eigenvalue weighted by Crippen LogP contribution is -2.29. The van der Waals surface area contributed by atoms with Gasteiger partial charge in [0.05, 0.1) is 11.1 Å². The van der Waals surface area contributed by atoms with Crippen molar-refractivity contribution < 1.29 is 4.79 Å². The summed E-state index contributed by atoms with van der Waals surface area (Å²) in [6.45, 7) is 0. The van der Waals surface area contributed by atoms with Crippen LogP contribution < -0.4 is 5.73 Å². The Morgan fingerprint density at radius 3 is 2.55 bits per heavy atom. The quantitative estimate of drug-likeness (QED) is 0.936. The van der Waals surface area contributed by atoms with Crippen molar-refractivity contribution in [2.75, 3.05) is 0 Å². The summed E-state index contributed by atoms with van der Waals surface area (Å²) in [5, 5.41) is 2.34. The maximum Gasteiger partial charge on any atom is 0.229 e. The minimum Gasteiger partial charge on any atom is -0.369 e. The first kappa shape index (κ1) is 13.7. The third kappa shape index (κ3) is 2.20. The molecule has 4 rings (SSSR count). The maximum absolute atomic E-state index is 11.7. The molecule has 0 radical (unpaired) electrons. The highest BCUT2D eigenvalue weighted by atomic mass is 16.1. The van der Waals surface area contributed by atoms with Gasteiger partial charge in [0.1, 0.15) is 0 Å². The highest BCUT2D eigenvalue weighted by molar-refractivity contribution is 5.91. The first-order valence-electron chi connectivity index (χ1n) is 8.39. The number of carbonyl (C=O) groups is 1. The predicted octanol–water partition coefficient (Wildman–Crippen LogP) is 3.80. The van der Waals surface area contributed by atoms with Gasteiger partial charge >= 0.3 is 0 Å². The lowest BCUT2D eigenvalue weighted by atomic mass is 9.83. The molecule has 0 atom stereocenters. The number of pyridine rings is 1. The Kier molecular flexibility index (Phi) is 3.17. The van der Waals surface area contributed by atoms with E-state index < -0.39 is 5.41 Å². The van der Waals surface area contributed by atoms with E-state index in [-0.39, 0.29) is 5.91 Å². The SMILES string of the molecule is NC(=O)C1(c2cc3ccc(C4CCCCC4)cc3cn2)CC1. The summed E-state index contributed by atoms with van der Waals surface area (Å²) < 4.78 is 0. The molecule has 2 N–H and O–H groups in total. The number of primary amides is 1. The van der Waals surface area contributed by atoms with Crippen LogP contribution in [0.4, 0.5) is 0 Å². The second-order valence-electron chi connectivity index (χ2n) is 6.96. The van der Waals surface area contributed by atoms with Gasteiger partial charge in [0.25, 0.3) is 0 Å². The van der Waals surface area contributed by atoms with E-state index in [9.17, 15) is 4.79 Å². The highest BCUT2D eigenvalue weighted by Crippen LogP contribution is 2.47. The Hall–Kier alpha value is -1.90. The van der Waals surface area contributed by atoms with Crippen molar-refractivity contribution >= 4 is 16.7 Å². The van der Waals surface area contributed by atoms with E-state index >= 15 is 0 Å². The van der Waals surface area contributed by atoms with Crippen molar-refractivity contribution in [1.29, 1.82) is 0 Å². The number of fused-ring (bicyclic) bond motifs is 1. The van der Waals surface area contributed by atoms with E-state index in [2.05, 4.69) is 29.2 Å². The molecular formula is C19H22N2O. The normalized spacial score (nSPS) is 20.9. The zero-order valence-electron chi connectivity index (χ0n) is 12.8. The van der Waals surface area contributed by atoms with Crippen molar-refractivity contribution in [3.63, 3.8) is 0 Å². The average molecular weight is 294 g/mol. The zero-order chi connectivity index (χ0) is 15.2. The minimum absolute atomic E-state index is 0.238. The molecule has 3 nitrogen and oxygen atoms in total. The van der Waals surface area contributed by atoms with Crippen LogP contribution in [0.25, 0.3) is 10.8 Å². The third-order valence-electron chi connectivity index (χ3n) is 5.53. The molecule has 0 aliphatic heterocycles. The molecule has 22 heavy (non-hydrogen) atoms. The Bertz CT molecular complexity index is 727. The summed E-state index contributed by atoms with van der Waals surface area (Å²) in [5.74, 6) is 0.469. The second-order valence-corrected chi connectivity index (χ2v) is 6.96. The van der Waals surface area contributed by atoms with Crippen LogP contribution in [-0.2, 0) is 10.2 Å². The fraction of sp³-hybridized carbons (Fsp3) is 0.474. The lowest BCUT2D eigenvalue weighted by Gasteiger charge is -2.22. The van der Waals surface area contributed by atoms with Crippen molar-refractivity contribution in [3.05, 3.63) is 41.7 Å². The molecule has 2 aliphatic carbocycles. The van der Waals surface area contributed by atoms with Crippen molar-refractivity contribution in [2.24, 2.45) is 5.73 Å². The second kappa shape index (κ2) is 5.08. The molecule has 1 aromatic heterocycles. The van der Waals surface area contributed by atoms with Crippen LogP contribution in [-0.4, -0.2) is 10.9 Å². The fourth-order valence-corrected chi connectivity index (χ4v) is 3.87. The van der Waals surface area contributed by atoms with E-state index in [0.29, 0.717) is 5.92 Å². The summed E-state index contributed by atoms with van der Waals surface area (Å²) in [6.07, 6.45) is 10.3. The molecule has 2 saturated carbocycles. The molecule has 0 unspecified atom stereocenters. The largest absolute Gasteiger partial charge is 0.369 e. The standard InChI is InChI=1S/C19H22N2O/c20-18(22)19(8-9-19)17-11-15-7-6-14(10-16(15)12-21-17)13-4-2-1-3-5-13/h6-7,10-13H,1-5,8-9H2,(H2,20,22). The smallest absolute Gasteiger partial charge is 0.229 e. The van der Waals surface area contributed by atoms with Crippen LogP contribution in [0.3, 0.4) is 0 Å². The molecule has 2 aromatic rings. The van der Waals surface area contributed by atoms with Gasteiger partial charge < -0.3 is 5.73 Å². The summed E-state index contributed by atoms with van der Waals surface area (Å²) in [5.41, 5.74) is 7.35. The number of amides is 1. The summed E-state index contributed by atoms with van der Waals surface area (Å²) in [4.78, 5) is 16.2. The van der Waals surface area contributed by atoms with Crippen LogP contribution in [0.5, 0.6) is 0 Å². The third-order valence-corrected chi connectivity index (χ3v) is 5.53. The van der Waals surface area contributed by atoms with E-state index in [1.54, 1.807) is 0 Å². The van der Waals surface area contributed by atoms with E-state index in [4.69, 9.17) is 5.73 Å². The molecule has 2 fully saturated rings.